The summed E-state index contributed by atoms with van der Waals surface area (Å²) in [7, 11) is 0. The monoisotopic (exact) mass is 339 g/mol. The zero-order valence-electron chi connectivity index (χ0n) is 13.5. The normalized spacial score (nSPS) is 29.2. The molecule has 3 aliphatic rings. The zero-order valence-corrected chi connectivity index (χ0v) is 13.5. The number of esters is 1. The van der Waals surface area contributed by atoms with Crippen molar-refractivity contribution >= 4 is 23.6 Å². The minimum atomic E-state index is -0.744. The molecule has 0 aromatic heterocycles. The number of hydrogen-bond donors (Lipinski definition) is 0. The number of carbonyl (C=O) groups is 4. The van der Waals surface area contributed by atoms with Crippen molar-refractivity contribution in [1.29, 1.82) is 0 Å². The highest BCUT2D eigenvalue weighted by Crippen LogP contribution is 2.52. The largest absolute Gasteiger partial charge is 0.456 e. The van der Waals surface area contributed by atoms with Crippen molar-refractivity contribution in [1.82, 2.24) is 4.90 Å². The van der Waals surface area contributed by atoms with E-state index in [0.29, 0.717) is 5.56 Å². The molecule has 1 saturated heterocycles. The third-order valence-electron chi connectivity index (χ3n) is 5.31. The van der Waals surface area contributed by atoms with Gasteiger partial charge in [-0.1, -0.05) is 42.5 Å². The van der Waals surface area contributed by atoms with E-state index in [9.17, 15) is 19.2 Å². The second-order valence-electron chi connectivity index (χ2n) is 6.71. The van der Waals surface area contributed by atoms with Gasteiger partial charge >= 0.3 is 5.97 Å². The van der Waals surface area contributed by atoms with Crippen LogP contribution in [0.1, 0.15) is 16.8 Å². The summed E-state index contributed by atoms with van der Waals surface area (Å²) in [6.45, 7) is -0.828. The summed E-state index contributed by atoms with van der Waals surface area (Å²) in [4.78, 5) is 49.9. The molecule has 0 unspecified atom stereocenters. The third kappa shape index (κ3) is 2.58. The minimum absolute atomic E-state index is 0.104. The number of nitrogens with zero attached hydrogens (tertiary/aromatic N) is 1. The Hall–Kier alpha value is -2.76. The molecule has 2 fully saturated rings. The Labute approximate surface area is 144 Å². The van der Waals surface area contributed by atoms with E-state index in [4.69, 9.17) is 4.74 Å². The van der Waals surface area contributed by atoms with Crippen LogP contribution < -0.4 is 0 Å². The smallest absolute Gasteiger partial charge is 0.326 e. The van der Waals surface area contributed by atoms with Crippen molar-refractivity contribution in [3.8, 4) is 0 Å². The van der Waals surface area contributed by atoms with Crippen LogP contribution in [0.2, 0.25) is 0 Å². The van der Waals surface area contributed by atoms with Gasteiger partial charge in [0.2, 0.25) is 11.8 Å². The lowest BCUT2D eigenvalue weighted by Gasteiger charge is -2.16. The van der Waals surface area contributed by atoms with Gasteiger partial charge in [0.15, 0.2) is 12.4 Å². The molecule has 25 heavy (non-hydrogen) atoms. The van der Waals surface area contributed by atoms with Crippen molar-refractivity contribution in [2.45, 2.75) is 6.42 Å². The number of ketones is 1. The van der Waals surface area contributed by atoms with Crippen LogP contribution in [0.25, 0.3) is 0 Å². The molecule has 2 amide bonds. The maximum absolute atomic E-state index is 12.5. The number of rotatable bonds is 5. The highest BCUT2D eigenvalue weighted by Gasteiger charge is 2.59. The number of benzene rings is 1. The Kier molecular flexibility index (Phi) is 3.75. The van der Waals surface area contributed by atoms with Crippen LogP contribution in [0.3, 0.4) is 0 Å². The van der Waals surface area contributed by atoms with Gasteiger partial charge in [0.05, 0.1) is 11.8 Å². The van der Waals surface area contributed by atoms with E-state index in [2.05, 4.69) is 0 Å². The number of amides is 2. The predicted octanol–water partition coefficient (Wildman–Crippen LogP) is 1.22. The fourth-order valence-corrected chi connectivity index (χ4v) is 4.15. The number of imide groups is 1. The first-order valence-electron chi connectivity index (χ1n) is 8.33. The van der Waals surface area contributed by atoms with Gasteiger partial charge in [-0.2, -0.15) is 0 Å². The first-order chi connectivity index (χ1) is 12.1. The van der Waals surface area contributed by atoms with Crippen LogP contribution in [0.4, 0.5) is 0 Å². The molecule has 128 valence electrons. The summed E-state index contributed by atoms with van der Waals surface area (Å²) >= 11 is 0. The maximum Gasteiger partial charge on any atom is 0.326 e. The van der Waals surface area contributed by atoms with Gasteiger partial charge in [-0.05, 0) is 18.3 Å². The number of allylic oxidation sites excluding steroid dienone is 2. The highest BCUT2D eigenvalue weighted by molar-refractivity contribution is 6.08. The van der Waals surface area contributed by atoms with Crippen LogP contribution in [0.15, 0.2) is 42.5 Å². The molecule has 0 spiro atoms. The Morgan fingerprint density at radius 1 is 1.00 bits per heavy atom. The molecule has 1 heterocycles. The van der Waals surface area contributed by atoms with Crippen LogP contribution in [-0.2, 0) is 19.1 Å². The van der Waals surface area contributed by atoms with Crippen molar-refractivity contribution in [3.63, 3.8) is 0 Å². The number of likely N-dealkylation sites (tertiary alicyclic amines) is 1. The summed E-state index contributed by atoms with van der Waals surface area (Å²) in [6, 6.07) is 8.49. The molecule has 1 aromatic rings. The fourth-order valence-electron chi connectivity index (χ4n) is 4.15. The van der Waals surface area contributed by atoms with E-state index in [1.165, 1.54) is 0 Å². The van der Waals surface area contributed by atoms with E-state index >= 15 is 0 Å². The quantitative estimate of drug-likeness (QED) is 0.349. The van der Waals surface area contributed by atoms with Gasteiger partial charge in [0.25, 0.3) is 0 Å². The van der Waals surface area contributed by atoms with Crippen LogP contribution in [0, 0.1) is 23.7 Å². The highest BCUT2D eigenvalue weighted by atomic mass is 16.5. The molecular weight excluding hydrogens is 322 g/mol. The third-order valence-corrected chi connectivity index (χ3v) is 5.31. The fraction of sp³-hybridized carbons (Fsp3) is 0.368. The van der Waals surface area contributed by atoms with E-state index in [1.54, 1.807) is 30.3 Å². The molecule has 0 radical (unpaired) electrons. The molecular formula is C19H17NO5. The molecule has 2 aliphatic carbocycles. The van der Waals surface area contributed by atoms with Crippen LogP contribution in [0.5, 0.6) is 0 Å². The SMILES string of the molecule is O=C(CN1C(=O)[C@@H]2[C@@H](C1=O)[C@H]1C=C[C@@H]2C1)OCC(=O)c1ccccc1. The first-order valence-corrected chi connectivity index (χ1v) is 8.33. The number of hydrogen-bond acceptors (Lipinski definition) is 5. The van der Waals surface area contributed by atoms with Gasteiger partial charge in [-0.15, -0.1) is 0 Å². The second-order valence-corrected chi connectivity index (χ2v) is 6.71. The van der Waals surface area contributed by atoms with Gasteiger partial charge in [-0.3, -0.25) is 24.1 Å². The van der Waals surface area contributed by atoms with E-state index in [-0.39, 0.29) is 41.3 Å². The van der Waals surface area contributed by atoms with E-state index in [1.807, 2.05) is 12.2 Å². The molecule has 0 N–H and O–H groups in total. The zero-order chi connectivity index (χ0) is 17.6. The van der Waals surface area contributed by atoms with Crippen molar-refractivity contribution < 1.29 is 23.9 Å². The van der Waals surface area contributed by atoms with Gasteiger partial charge in [0, 0.05) is 5.56 Å². The number of fused-ring (bicyclic) bond motifs is 5. The van der Waals surface area contributed by atoms with Crippen molar-refractivity contribution in [2.75, 3.05) is 13.2 Å². The lowest BCUT2D eigenvalue weighted by molar-refractivity contribution is -0.152. The Bertz CT molecular complexity index is 754. The second kappa shape index (κ2) is 5.95. The van der Waals surface area contributed by atoms with Crippen LogP contribution in [-0.4, -0.2) is 41.6 Å². The number of ether oxygens (including phenoxy) is 1. The lowest BCUT2D eigenvalue weighted by atomic mass is 9.85. The standard InChI is InChI=1S/C19H17NO5/c21-14(11-4-2-1-3-5-11)10-25-15(22)9-20-18(23)16-12-6-7-13(8-12)17(16)19(20)24/h1-7,12-13,16-17H,8-10H2/t12-,13+,16-,17-/m0/s1. The molecule has 6 heteroatoms. The van der Waals surface area contributed by atoms with E-state index < -0.39 is 19.1 Å². The Balaban J connectivity index is 1.35. The Morgan fingerprint density at radius 2 is 1.60 bits per heavy atom. The molecule has 1 saturated carbocycles. The summed E-state index contributed by atoms with van der Waals surface area (Å²) in [6.07, 6.45) is 4.84. The molecule has 1 aromatic carbocycles. The van der Waals surface area contributed by atoms with Crippen molar-refractivity contribution in [3.05, 3.63) is 48.0 Å². The van der Waals surface area contributed by atoms with E-state index in [0.717, 1.165) is 11.3 Å². The molecule has 4 atom stereocenters. The summed E-state index contributed by atoms with van der Waals surface area (Å²) in [5.41, 5.74) is 0.445. The lowest BCUT2D eigenvalue weighted by Crippen LogP contribution is -2.38. The predicted molar refractivity (Wildman–Crippen MR) is 86.2 cm³/mol. The van der Waals surface area contributed by atoms with Gasteiger partial charge < -0.3 is 4.74 Å². The Morgan fingerprint density at radius 3 is 2.20 bits per heavy atom. The van der Waals surface area contributed by atoms with Gasteiger partial charge in [-0.25, -0.2) is 0 Å². The summed E-state index contributed by atoms with van der Waals surface area (Å²) < 4.78 is 4.96. The first kappa shape index (κ1) is 15.7. The van der Waals surface area contributed by atoms with Gasteiger partial charge in [0.1, 0.15) is 6.54 Å². The topological polar surface area (TPSA) is 80.8 Å². The van der Waals surface area contributed by atoms with Crippen LogP contribution >= 0.6 is 0 Å². The average Bonchev–Trinajstić information content (AvgIpc) is 3.30. The minimum Gasteiger partial charge on any atom is -0.456 e. The maximum atomic E-state index is 12.5. The molecule has 4 rings (SSSR count). The molecule has 2 bridgehead atoms. The molecule has 6 nitrogen and oxygen atoms in total. The number of carbonyl (C=O) groups excluding carboxylic acids is 4. The molecule has 1 aliphatic heterocycles. The average molecular weight is 339 g/mol. The number of Topliss-reactive ketones (excluding diaryl/α,β-unsaturated/α-hetero) is 1. The summed E-state index contributed by atoms with van der Waals surface area (Å²) in [5.74, 6) is -2.11. The summed E-state index contributed by atoms with van der Waals surface area (Å²) in [5, 5.41) is 0. The van der Waals surface area contributed by atoms with Crippen molar-refractivity contribution in [2.24, 2.45) is 23.7 Å².